The lowest BCUT2D eigenvalue weighted by atomic mass is 10.0. The third-order valence-electron chi connectivity index (χ3n) is 3.74. The summed E-state index contributed by atoms with van der Waals surface area (Å²) in [4.78, 5) is 36.0. The summed E-state index contributed by atoms with van der Waals surface area (Å²) in [6, 6.07) is 6.16. The van der Waals surface area contributed by atoms with Crippen molar-refractivity contribution in [1.29, 1.82) is 0 Å². The molecule has 0 aliphatic carbocycles. The van der Waals surface area contributed by atoms with Gasteiger partial charge in [0.2, 0.25) is 6.41 Å². The van der Waals surface area contributed by atoms with Gasteiger partial charge in [0.15, 0.2) is 0 Å². The van der Waals surface area contributed by atoms with Gasteiger partial charge in [-0.15, -0.1) is 0 Å². The first-order chi connectivity index (χ1) is 11.6. The number of amides is 1. The Morgan fingerprint density at radius 1 is 1.32 bits per heavy atom. The number of ether oxygens (including phenoxy) is 1. The van der Waals surface area contributed by atoms with Crippen LogP contribution in [0.25, 0.3) is 10.9 Å². The van der Waals surface area contributed by atoms with E-state index in [9.17, 15) is 19.5 Å². The van der Waals surface area contributed by atoms with Gasteiger partial charge in [-0.05, 0) is 32.4 Å². The van der Waals surface area contributed by atoms with E-state index < -0.39 is 23.7 Å². The summed E-state index contributed by atoms with van der Waals surface area (Å²) in [6.45, 7) is 5.32. The molecule has 0 spiro atoms. The summed E-state index contributed by atoms with van der Waals surface area (Å²) in [6.07, 6.45) is 1.60. The molecule has 1 aromatic heterocycles. The quantitative estimate of drug-likeness (QED) is 0.840. The molecule has 1 unspecified atom stereocenters. The predicted molar refractivity (Wildman–Crippen MR) is 92.5 cm³/mol. The molecular formula is C18H22N2O5. The van der Waals surface area contributed by atoms with E-state index in [1.807, 2.05) is 12.1 Å². The number of likely N-dealkylation sites (N-methyl/N-ethyl adjacent to an activating group) is 1. The molecule has 25 heavy (non-hydrogen) atoms. The van der Waals surface area contributed by atoms with Gasteiger partial charge < -0.3 is 14.7 Å². The van der Waals surface area contributed by atoms with E-state index in [0.29, 0.717) is 17.5 Å². The van der Waals surface area contributed by atoms with Crippen molar-refractivity contribution in [3.63, 3.8) is 0 Å². The average Bonchev–Trinajstić information content (AvgIpc) is 2.89. The van der Waals surface area contributed by atoms with E-state index in [2.05, 4.69) is 0 Å². The van der Waals surface area contributed by atoms with Gasteiger partial charge in [0.05, 0.1) is 5.52 Å². The third kappa shape index (κ3) is 4.17. The van der Waals surface area contributed by atoms with E-state index >= 15 is 0 Å². The molecule has 0 radical (unpaired) electrons. The van der Waals surface area contributed by atoms with Crippen LogP contribution in [-0.2, 0) is 20.7 Å². The lowest BCUT2D eigenvalue weighted by Gasteiger charge is -2.20. The van der Waals surface area contributed by atoms with Crippen LogP contribution in [0.1, 0.15) is 26.3 Å². The Labute approximate surface area is 145 Å². The fraction of sp³-hybridized carbons (Fsp3) is 0.389. The molecule has 0 fully saturated rings. The second kappa shape index (κ2) is 6.96. The molecule has 2 aromatic rings. The summed E-state index contributed by atoms with van der Waals surface area (Å²) >= 11 is 0. The Bertz CT molecular complexity index is 803. The van der Waals surface area contributed by atoms with Crippen LogP contribution in [0.4, 0.5) is 4.79 Å². The minimum absolute atomic E-state index is 0.0842. The normalized spacial score (nSPS) is 12.6. The van der Waals surface area contributed by atoms with Crippen LogP contribution in [0.3, 0.4) is 0 Å². The van der Waals surface area contributed by atoms with Crippen molar-refractivity contribution in [1.82, 2.24) is 9.47 Å². The number of aromatic nitrogens is 1. The predicted octanol–water partition coefficient (Wildman–Crippen LogP) is 2.51. The van der Waals surface area contributed by atoms with Gasteiger partial charge in [0, 0.05) is 25.1 Å². The summed E-state index contributed by atoms with van der Waals surface area (Å²) < 4.78 is 6.78. The van der Waals surface area contributed by atoms with Gasteiger partial charge in [0.25, 0.3) is 0 Å². The fourth-order valence-electron chi connectivity index (χ4n) is 2.56. The zero-order valence-corrected chi connectivity index (χ0v) is 14.7. The van der Waals surface area contributed by atoms with Crippen molar-refractivity contribution in [2.75, 3.05) is 7.05 Å². The Hall–Kier alpha value is -2.83. The van der Waals surface area contributed by atoms with Crippen LogP contribution in [-0.4, -0.2) is 51.7 Å². The Morgan fingerprint density at radius 3 is 2.52 bits per heavy atom. The SMILES string of the molecule is CN(C=O)C(Cc1cn(C(=O)OC(C)(C)C)c2ccccc12)C(=O)O. The van der Waals surface area contributed by atoms with Crippen molar-refractivity contribution >= 4 is 29.4 Å². The summed E-state index contributed by atoms with van der Waals surface area (Å²) in [5, 5.41) is 10.1. The van der Waals surface area contributed by atoms with Crippen molar-refractivity contribution < 1.29 is 24.2 Å². The number of nitrogens with zero attached hydrogens (tertiary/aromatic N) is 2. The number of carboxylic acid groups (broad SMARTS) is 1. The largest absolute Gasteiger partial charge is 0.480 e. The first-order valence-corrected chi connectivity index (χ1v) is 7.86. The molecular weight excluding hydrogens is 324 g/mol. The number of hydrogen-bond acceptors (Lipinski definition) is 4. The average molecular weight is 346 g/mol. The van der Waals surface area contributed by atoms with Crippen LogP contribution >= 0.6 is 0 Å². The number of carbonyl (C=O) groups is 3. The van der Waals surface area contributed by atoms with E-state index in [-0.39, 0.29) is 6.42 Å². The number of rotatable bonds is 5. The van der Waals surface area contributed by atoms with Crippen LogP contribution in [0.2, 0.25) is 0 Å². The highest BCUT2D eigenvalue weighted by Crippen LogP contribution is 2.24. The highest BCUT2D eigenvalue weighted by atomic mass is 16.6. The van der Waals surface area contributed by atoms with Crippen molar-refractivity contribution in [3.8, 4) is 0 Å². The number of benzene rings is 1. The van der Waals surface area contributed by atoms with Crippen LogP contribution in [0.15, 0.2) is 30.5 Å². The lowest BCUT2D eigenvalue weighted by Crippen LogP contribution is -2.39. The molecule has 7 heteroatoms. The zero-order chi connectivity index (χ0) is 18.8. The number of aliphatic carboxylic acids is 1. The molecule has 0 aliphatic rings. The molecule has 1 N–H and O–H groups in total. The molecule has 0 saturated carbocycles. The lowest BCUT2D eigenvalue weighted by molar-refractivity contribution is -0.145. The number of carboxylic acids is 1. The number of hydrogen-bond donors (Lipinski definition) is 1. The maximum absolute atomic E-state index is 12.5. The first kappa shape index (κ1) is 18.5. The van der Waals surface area contributed by atoms with Gasteiger partial charge in [0.1, 0.15) is 11.6 Å². The summed E-state index contributed by atoms with van der Waals surface area (Å²) in [7, 11) is 1.42. The molecule has 0 bridgehead atoms. The molecule has 1 atom stereocenters. The Balaban J connectivity index is 2.46. The molecule has 1 amide bonds. The fourth-order valence-corrected chi connectivity index (χ4v) is 2.56. The van der Waals surface area contributed by atoms with Crippen molar-refractivity contribution in [3.05, 3.63) is 36.0 Å². The molecule has 7 nitrogen and oxygen atoms in total. The minimum atomic E-state index is -1.11. The van der Waals surface area contributed by atoms with Gasteiger partial charge in [-0.2, -0.15) is 0 Å². The second-order valence-corrected chi connectivity index (χ2v) is 6.85. The van der Waals surface area contributed by atoms with E-state index in [4.69, 9.17) is 4.74 Å². The monoisotopic (exact) mass is 346 g/mol. The smallest absolute Gasteiger partial charge is 0.419 e. The molecule has 0 aliphatic heterocycles. The standard InChI is InChI=1S/C18H22N2O5/c1-18(2,3)25-17(24)20-10-12(13-7-5-6-8-14(13)20)9-15(16(22)23)19(4)11-21/h5-8,10-11,15H,9H2,1-4H3,(H,22,23). The molecule has 1 aromatic carbocycles. The molecule has 134 valence electrons. The highest BCUT2D eigenvalue weighted by Gasteiger charge is 2.26. The van der Waals surface area contributed by atoms with E-state index in [1.54, 1.807) is 39.1 Å². The Kier molecular flexibility index (Phi) is 5.15. The maximum atomic E-state index is 12.5. The number of fused-ring (bicyclic) bond motifs is 1. The van der Waals surface area contributed by atoms with Crippen molar-refractivity contribution in [2.24, 2.45) is 0 Å². The van der Waals surface area contributed by atoms with Crippen LogP contribution < -0.4 is 0 Å². The zero-order valence-electron chi connectivity index (χ0n) is 14.7. The maximum Gasteiger partial charge on any atom is 0.419 e. The van der Waals surface area contributed by atoms with Gasteiger partial charge >= 0.3 is 12.1 Å². The summed E-state index contributed by atoms with van der Waals surface area (Å²) in [5.74, 6) is -1.11. The third-order valence-corrected chi connectivity index (χ3v) is 3.74. The molecule has 1 heterocycles. The topological polar surface area (TPSA) is 88.8 Å². The molecule has 0 saturated heterocycles. The summed E-state index contributed by atoms with van der Waals surface area (Å²) in [5.41, 5.74) is 0.636. The van der Waals surface area contributed by atoms with Gasteiger partial charge in [-0.1, -0.05) is 18.2 Å². The van der Waals surface area contributed by atoms with E-state index in [1.165, 1.54) is 11.6 Å². The number of carbonyl (C=O) groups excluding carboxylic acids is 2. The van der Waals surface area contributed by atoms with Gasteiger partial charge in [-0.25, -0.2) is 9.59 Å². The Morgan fingerprint density at radius 2 is 1.96 bits per heavy atom. The second-order valence-electron chi connectivity index (χ2n) is 6.85. The van der Waals surface area contributed by atoms with Crippen molar-refractivity contribution in [2.45, 2.75) is 38.8 Å². The highest BCUT2D eigenvalue weighted by molar-refractivity contribution is 5.92. The first-order valence-electron chi connectivity index (χ1n) is 7.86. The minimum Gasteiger partial charge on any atom is -0.480 e. The number of para-hydroxylation sites is 1. The van der Waals surface area contributed by atoms with E-state index in [0.717, 1.165) is 10.3 Å². The van der Waals surface area contributed by atoms with Crippen LogP contribution in [0.5, 0.6) is 0 Å². The van der Waals surface area contributed by atoms with Crippen LogP contribution in [0, 0.1) is 0 Å². The van der Waals surface area contributed by atoms with Gasteiger partial charge in [-0.3, -0.25) is 9.36 Å². The molecule has 2 rings (SSSR count).